The molecule has 2 heterocycles. The molecule has 6 nitrogen and oxygen atoms in total. The van der Waals surface area contributed by atoms with E-state index in [4.69, 9.17) is 0 Å². The van der Waals surface area contributed by atoms with Crippen molar-refractivity contribution >= 4 is 0 Å². The quantitative estimate of drug-likeness (QED) is 0.816. The van der Waals surface area contributed by atoms with E-state index in [0.717, 1.165) is 24.8 Å². The van der Waals surface area contributed by atoms with Crippen LogP contribution in [-0.4, -0.2) is 29.9 Å². The standard InChI is InChI=1S/C11H15N5O/c1-15-13-11(12-14-15)7-16-5-8-3-2-4-10(17)9(8)6-16/h5-6,10,17H,2-4,7H2,1H3. The zero-order chi connectivity index (χ0) is 11.8. The number of aromatic nitrogens is 5. The summed E-state index contributed by atoms with van der Waals surface area (Å²) in [7, 11) is 1.75. The number of rotatable bonds is 2. The number of tetrazole rings is 1. The Kier molecular flexibility index (Phi) is 2.44. The fraction of sp³-hybridized carbons (Fsp3) is 0.545. The Morgan fingerprint density at radius 1 is 1.47 bits per heavy atom. The van der Waals surface area contributed by atoms with Gasteiger partial charge in [-0.1, -0.05) is 0 Å². The molecule has 1 aliphatic rings. The first-order valence-corrected chi connectivity index (χ1v) is 5.82. The van der Waals surface area contributed by atoms with Crippen molar-refractivity contribution in [2.45, 2.75) is 31.9 Å². The number of aliphatic hydroxyl groups is 1. The number of nitrogens with zero attached hydrogens (tertiary/aromatic N) is 5. The van der Waals surface area contributed by atoms with Crippen LogP contribution in [0, 0.1) is 0 Å². The van der Waals surface area contributed by atoms with Crippen LogP contribution >= 0.6 is 0 Å². The van der Waals surface area contributed by atoms with Crippen LogP contribution < -0.4 is 0 Å². The molecule has 3 rings (SSSR count). The molecule has 0 radical (unpaired) electrons. The third kappa shape index (κ3) is 1.95. The Balaban J connectivity index is 1.85. The Hall–Kier alpha value is -1.69. The van der Waals surface area contributed by atoms with Crippen LogP contribution in [0.2, 0.25) is 0 Å². The van der Waals surface area contributed by atoms with E-state index in [2.05, 4.69) is 21.6 Å². The number of fused-ring (bicyclic) bond motifs is 1. The van der Waals surface area contributed by atoms with Gasteiger partial charge >= 0.3 is 0 Å². The summed E-state index contributed by atoms with van der Waals surface area (Å²) in [6.07, 6.45) is 6.73. The van der Waals surface area contributed by atoms with E-state index < -0.39 is 0 Å². The SMILES string of the molecule is Cn1nnc(Cn2cc3c(c2)C(O)CCC3)n1. The summed E-state index contributed by atoms with van der Waals surface area (Å²) in [5.41, 5.74) is 2.30. The molecular weight excluding hydrogens is 218 g/mol. The highest BCUT2D eigenvalue weighted by atomic mass is 16.3. The third-order valence-electron chi connectivity index (χ3n) is 3.15. The predicted molar refractivity (Wildman–Crippen MR) is 60.2 cm³/mol. The van der Waals surface area contributed by atoms with Crippen LogP contribution in [0.15, 0.2) is 12.4 Å². The Labute approximate surface area is 98.9 Å². The molecule has 90 valence electrons. The average Bonchev–Trinajstić information content (AvgIpc) is 2.86. The van der Waals surface area contributed by atoms with Gasteiger partial charge in [-0.2, -0.15) is 4.80 Å². The Morgan fingerprint density at radius 3 is 3.06 bits per heavy atom. The van der Waals surface area contributed by atoms with Crippen molar-refractivity contribution in [2.24, 2.45) is 7.05 Å². The molecular formula is C11H15N5O. The molecule has 1 N–H and O–H groups in total. The lowest BCUT2D eigenvalue weighted by Crippen LogP contribution is -2.05. The smallest absolute Gasteiger partial charge is 0.194 e. The highest BCUT2D eigenvalue weighted by Crippen LogP contribution is 2.30. The van der Waals surface area contributed by atoms with Crippen molar-refractivity contribution in [2.75, 3.05) is 0 Å². The van der Waals surface area contributed by atoms with Crippen LogP contribution in [0.5, 0.6) is 0 Å². The first kappa shape index (κ1) is 10.5. The zero-order valence-electron chi connectivity index (χ0n) is 9.74. The van der Waals surface area contributed by atoms with E-state index in [1.807, 2.05) is 10.8 Å². The molecule has 0 saturated carbocycles. The predicted octanol–water partition coefficient (Wildman–Crippen LogP) is 0.430. The van der Waals surface area contributed by atoms with Crippen molar-refractivity contribution < 1.29 is 5.11 Å². The molecule has 1 unspecified atom stereocenters. The van der Waals surface area contributed by atoms with Gasteiger partial charge in [0.15, 0.2) is 5.82 Å². The van der Waals surface area contributed by atoms with Gasteiger partial charge in [-0.3, -0.25) is 0 Å². The second-order valence-corrected chi connectivity index (χ2v) is 4.51. The van der Waals surface area contributed by atoms with Crippen LogP contribution in [0.25, 0.3) is 0 Å². The molecule has 2 aromatic heterocycles. The third-order valence-corrected chi connectivity index (χ3v) is 3.15. The highest BCUT2D eigenvalue weighted by Gasteiger charge is 2.20. The van der Waals surface area contributed by atoms with E-state index in [1.165, 1.54) is 10.4 Å². The molecule has 6 heteroatoms. The topological polar surface area (TPSA) is 68.8 Å². The van der Waals surface area contributed by atoms with Crippen LogP contribution in [0.4, 0.5) is 0 Å². The maximum Gasteiger partial charge on any atom is 0.194 e. The van der Waals surface area contributed by atoms with Crippen molar-refractivity contribution in [1.82, 2.24) is 24.8 Å². The maximum atomic E-state index is 9.88. The number of aryl methyl sites for hydroxylation is 2. The molecule has 0 fully saturated rings. The normalized spacial score (nSPS) is 19.3. The minimum atomic E-state index is -0.310. The molecule has 0 bridgehead atoms. The first-order valence-electron chi connectivity index (χ1n) is 5.82. The van der Waals surface area contributed by atoms with E-state index in [0.29, 0.717) is 12.4 Å². The van der Waals surface area contributed by atoms with Gasteiger partial charge in [0, 0.05) is 18.0 Å². The summed E-state index contributed by atoms with van der Waals surface area (Å²) in [5.74, 6) is 0.689. The molecule has 17 heavy (non-hydrogen) atoms. The van der Waals surface area contributed by atoms with Gasteiger partial charge in [-0.05, 0) is 30.0 Å². The molecule has 0 aliphatic heterocycles. The first-order chi connectivity index (χ1) is 8.22. The van der Waals surface area contributed by atoms with Gasteiger partial charge in [0.25, 0.3) is 0 Å². The summed E-state index contributed by atoms with van der Waals surface area (Å²) in [4.78, 5) is 1.45. The van der Waals surface area contributed by atoms with Gasteiger partial charge in [0.1, 0.15) is 0 Å². The van der Waals surface area contributed by atoms with Crippen LogP contribution in [0.3, 0.4) is 0 Å². The lowest BCUT2D eigenvalue weighted by molar-refractivity contribution is 0.157. The van der Waals surface area contributed by atoms with Gasteiger partial charge in [0.2, 0.25) is 0 Å². The van der Waals surface area contributed by atoms with Crippen LogP contribution in [-0.2, 0) is 20.0 Å². The fourth-order valence-electron chi connectivity index (χ4n) is 2.37. The van der Waals surface area contributed by atoms with Crippen molar-refractivity contribution in [3.05, 3.63) is 29.3 Å². The van der Waals surface area contributed by atoms with E-state index in [1.54, 1.807) is 7.05 Å². The molecule has 0 saturated heterocycles. The average molecular weight is 233 g/mol. The molecule has 0 spiro atoms. The van der Waals surface area contributed by atoms with Crippen molar-refractivity contribution in [3.8, 4) is 0 Å². The Bertz CT molecular complexity index is 530. The van der Waals surface area contributed by atoms with Gasteiger partial charge < -0.3 is 9.67 Å². The largest absolute Gasteiger partial charge is 0.388 e. The summed E-state index contributed by atoms with van der Waals surface area (Å²) in [6.45, 7) is 0.605. The summed E-state index contributed by atoms with van der Waals surface area (Å²) in [5, 5.41) is 21.8. The number of hydrogen-bond acceptors (Lipinski definition) is 4. The van der Waals surface area contributed by atoms with E-state index in [-0.39, 0.29) is 6.10 Å². The zero-order valence-corrected chi connectivity index (χ0v) is 9.74. The second kappa shape index (κ2) is 3.96. The lowest BCUT2D eigenvalue weighted by Gasteiger charge is -2.16. The summed E-state index contributed by atoms with van der Waals surface area (Å²) >= 11 is 0. The number of aliphatic hydroxyl groups excluding tert-OH is 1. The van der Waals surface area contributed by atoms with Gasteiger partial charge in [-0.15, -0.1) is 10.2 Å². The van der Waals surface area contributed by atoms with Crippen molar-refractivity contribution in [3.63, 3.8) is 0 Å². The highest BCUT2D eigenvalue weighted by molar-refractivity contribution is 5.29. The fourth-order valence-corrected chi connectivity index (χ4v) is 2.37. The lowest BCUT2D eigenvalue weighted by atomic mass is 9.93. The molecule has 2 aromatic rings. The number of hydrogen-bond donors (Lipinski definition) is 1. The van der Waals surface area contributed by atoms with Crippen LogP contribution in [0.1, 0.15) is 35.9 Å². The molecule has 0 amide bonds. The maximum absolute atomic E-state index is 9.88. The van der Waals surface area contributed by atoms with Gasteiger partial charge in [0.05, 0.1) is 19.7 Å². The molecule has 0 aromatic carbocycles. The molecule has 1 aliphatic carbocycles. The monoisotopic (exact) mass is 233 g/mol. The summed E-state index contributed by atoms with van der Waals surface area (Å²) in [6, 6.07) is 0. The van der Waals surface area contributed by atoms with E-state index >= 15 is 0 Å². The summed E-state index contributed by atoms with van der Waals surface area (Å²) < 4.78 is 2.02. The Morgan fingerprint density at radius 2 is 2.35 bits per heavy atom. The van der Waals surface area contributed by atoms with Gasteiger partial charge in [-0.25, -0.2) is 0 Å². The molecule has 1 atom stereocenters. The minimum Gasteiger partial charge on any atom is -0.388 e. The second-order valence-electron chi connectivity index (χ2n) is 4.51. The van der Waals surface area contributed by atoms with Crippen molar-refractivity contribution in [1.29, 1.82) is 0 Å². The van der Waals surface area contributed by atoms with E-state index in [9.17, 15) is 5.11 Å². The minimum absolute atomic E-state index is 0.310.